The van der Waals surface area contributed by atoms with Crippen molar-refractivity contribution in [3.63, 3.8) is 0 Å². The maximum Gasteiger partial charge on any atom is 0.185 e. The van der Waals surface area contributed by atoms with E-state index >= 15 is 0 Å². The van der Waals surface area contributed by atoms with Crippen molar-refractivity contribution < 1.29 is 4.79 Å². The molecule has 0 unspecified atom stereocenters. The number of nitrogens with zero attached hydrogens (tertiary/aromatic N) is 5. The summed E-state index contributed by atoms with van der Waals surface area (Å²) >= 11 is 0. The molecule has 7 nitrogen and oxygen atoms in total. The lowest BCUT2D eigenvalue weighted by Gasteiger charge is -2.26. The lowest BCUT2D eigenvalue weighted by atomic mass is 10.1. The topological polar surface area (TPSA) is 77.6 Å². The van der Waals surface area contributed by atoms with Gasteiger partial charge in [0.1, 0.15) is 11.5 Å². The van der Waals surface area contributed by atoms with Gasteiger partial charge in [-0.2, -0.15) is 0 Å². The molecule has 0 atom stereocenters. The molecule has 0 spiro atoms. The molecule has 1 fully saturated rings. The van der Waals surface area contributed by atoms with E-state index in [0.717, 1.165) is 18.9 Å². The third-order valence-corrected chi connectivity index (χ3v) is 3.43. The quantitative estimate of drug-likeness (QED) is 0.764. The molecule has 0 aromatic carbocycles. The van der Waals surface area contributed by atoms with Gasteiger partial charge in [0.25, 0.3) is 0 Å². The van der Waals surface area contributed by atoms with Crippen molar-refractivity contribution in [1.82, 2.24) is 29.9 Å². The number of hydrogen-bond acceptors (Lipinski definition) is 5. The molecule has 2 aromatic rings. The number of Topliss-reactive ketones (excluding diaryl/α,β-unsaturated/α-hetero) is 1. The van der Waals surface area contributed by atoms with Crippen molar-refractivity contribution in [2.24, 2.45) is 7.05 Å². The van der Waals surface area contributed by atoms with Crippen LogP contribution >= 0.6 is 0 Å². The Morgan fingerprint density at radius 1 is 1.53 bits per heavy atom. The average molecular weight is 260 g/mol. The Labute approximate surface area is 110 Å². The van der Waals surface area contributed by atoms with E-state index < -0.39 is 0 Å². The predicted octanol–water partition coefficient (Wildman–Crippen LogP) is -0.0286. The van der Waals surface area contributed by atoms with Gasteiger partial charge in [0.15, 0.2) is 5.78 Å². The van der Waals surface area contributed by atoms with E-state index in [1.54, 1.807) is 17.1 Å². The molecule has 1 saturated heterocycles. The first-order valence-corrected chi connectivity index (χ1v) is 6.36. The fourth-order valence-corrected chi connectivity index (χ4v) is 2.03. The Morgan fingerprint density at radius 3 is 3.00 bits per heavy atom. The highest BCUT2D eigenvalue weighted by Gasteiger charge is 2.21. The minimum absolute atomic E-state index is 0.0153. The second-order valence-electron chi connectivity index (χ2n) is 4.77. The van der Waals surface area contributed by atoms with Crippen LogP contribution in [0.4, 0.5) is 0 Å². The number of carbonyl (C=O) groups excluding carboxylic acids is 1. The fraction of sp³-hybridized carbons (Fsp3) is 0.500. The maximum absolute atomic E-state index is 12.0. The zero-order valence-corrected chi connectivity index (χ0v) is 10.8. The van der Waals surface area contributed by atoms with Crippen LogP contribution in [0.1, 0.15) is 28.8 Å². The SMILES string of the molecule is Cn1ccnc1CCC(=O)c1cn(C2CNC2)nn1. The molecule has 3 rings (SSSR count). The highest BCUT2D eigenvalue weighted by molar-refractivity contribution is 5.93. The van der Waals surface area contributed by atoms with E-state index in [1.807, 2.05) is 17.8 Å². The standard InChI is InChI=1S/C12H16N6O/c1-17-5-4-14-12(17)3-2-11(19)10-8-18(16-15-10)9-6-13-7-9/h4-5,8-9,13H,2-3,6-7H2,1H3. The molecule has 1 aliphatic rings. The Balaban J connectivity index is 1.60. The van der Waals surface area contributed by atoms with Gasteiger partial charge in [0.2, 0.25) is 0 Å². The largest absolute Gasteiger partial charge is 0.338 e. The van der Waals surface area contributed by atoms with E-state index in [-0.39, 0.29) is 5.78 Å². The molecule has 0 saturated carbocycles. The number of rotatable bonds is 5. The molecule has 1 aliphatic heterocycles. The number of aryl methyl sites for hydroxylation is 2. The van der Waals surface area contributed by atoms with Crippen molar-refractivity contribution in [1.29, 1.82) is 0 Å². The first kappa shape index (κ1) is 12.0. The number of imidazole rings is 1. The van der Waals surface area contributed by atoms with E-state index in [1.165, 1.54) is 0 Å². The van der Waals surface area contributed by atoms with Crippen LogP contribution in [0, 0.1) is 0 Å². The summed E-state index contributed by atoms with van der Waals surface area (Å²) in [6.45, 7) is 1.79. The van der Waals surface area contributed by atoms with Crippen molar-refractivity contribution in [2.45, 2.75) is 18.9 Å². The highest BCUT2D eigenvalue weighted by Crippen LogP contribution is 2.11. The van der Waals surface area contributed by atoms with E-state index in [0.29, 0.717) is 24.6 Å². The van der Waals surface area contributed by atoms with Gasteiger partial charge in [0.05, 0.1) is 12.2 Å². The van der Waals surface area contributed by atoms with Crippen LogP contribution in [0.3, 0.4) is 0 Å². The molecule has 7 heteroatoms. The molecule has 19 heavy (non-hydrogen) atoms. The second kappa shape index (κ2) is 4.93. The minimum Gasteiger partial charge on any atom is -0.338 e. The maximum atomic E-state index is 12.0. The van der Waals surface area contributed by atoms with E-state index in [4.69, 9.17) is 0 Å². The minimum atomic E-state index is 0.0153. The Kier molecular flexibility index (Phi) is 3.12. The van der Waals surface area contributed by atoms with Crippen LogP contribution in [0.15, 0.2) is 18.6 Å². The first-order valence-electron chi connectivity index (χ1n) is 6.36. The number of nitrogens with one attached hydrogen (secondary N) is 1. The van der Waals surface area contributed by atoms with Crippen LogP contribution in [0.25, 0.3) is 0 Å². The molecule has 1 N–H and O–H groups in total. The molecular formula is C12H16N6O. The number of ketones is 1. The Bertz CT molecular complexity index is 583. The summed E-state index contributed by atoms with van der Waals surface area (Å²) in [7, 11) is 1.92. The average Bonchev–Trinajstić information content (AvgIpc) is 2.94. The lowest BCUT2D eigenvalue weighted by Crippen LogP contribution is -2.43. The first-order chi connectivity index (χ1) is 9.24. The molecule has 0 radical (unpaired) electrons. The van der Waals surface area contributed by atoms with Crippen LogP contribution in [0.5, 0.6) is 0 Å². The molecule has 0 bridgehead atoms. The van der Waals surface area contributed by atoms with Crippen LogP contribution in [-0.4, -0.2) is 43.4 Å². The van der Waals surface area contributed by atoms with Crippen molar-refractivity contribution in [3.05, 3.63) is 30.1 Å². The van der Waals surface area contributed by atoms with Gasteiger partial charge in [-0.25, -0.2) is 9.67 Å². The normalized spacial score (nSPS) is 15.4. The smallest absolute Gasteiger partial charge is 0.185 e. The second-order valence-corrected chi connectivity index (χ2v) is 4.77. The summed E-state index contributed by atoms with van der Waals surface area (Å²) in [6.07, 6.45) is 6.39. The highest BCUT2D eigenvalue weighted by atomic mass is 16.1. The lowest BCUT2D eigenvalue weighted by molar-refractivity contribution is 0.0977. The van der Waals surface area contributed by atoms with Gasteiger partial charge in [-0.05, 0) is 0 Å². The van der Waals surface area contributed by atoms with Crippen molar-refractivity contribution in [3.8, 4) is 0 Å². The summed E-state index contributed by atoms with van der Waals surface area (Å²) in [6, 6.07) is 0.337. The van der Waals surface area contributed by atoms with E-state index in [2.05, 4.69) is 20.6 Å². The summed E-state index contributed by atoms with van der Waals surface area (Å²) in [5.41, 5.74) is 0.445. The Hall–Kier alpha value is -2.02. The van der Waals surface area contributed by atoms with Gasteiger partial charge < -0.3 is 9.88 Å². The number of aromatic nitrogens is 5. The zero-order valence-electron chi connectivity index (χ0n) is 10.8. The van der Waals surface area contributed by atoms with E-state index in [9.17, 15) is 4.79 Å². The van der Waals surface area contributed by atoms with Gasteiger partial charge in [-0.1, -0.05) is 5.21 Å². The van der Waals surface area contributed by atoms with Gasteiger partial charge in [-0.3, -0.25) is 4.79 Å². The third kappa shape index (κ3) is 2.41. The molecule has 0 aliphatic carbocycles. The van der Waals surface area contributed by atoms with Crippen LogP contribution in [0.2, 0.25) is 0 Å². The third-order valence-electron chi connectivity index (χ3n) is 3.43. The monoisotopic (exact) mass is 260 g/mol. The Morgan fingerprint density at radius 2 is 2.37 bits per heavy atom. The van der Waals surface area contributed by atoms with Gasteiger partial charge in [0, 0.05) is 45.4 Å². The van der Waals surface area contributed by atoms with Crippen molar-refractivity contribution >= 4 is 5.78 Å². The summed E-state index contributed by atoms with van der Waals surface area (Å²) in [5, 5.41) is 11.1. The van der Waals surface area contributed by atoms with Gasteiger partial charge >= 0.3 is 0 Å². The fourth-order valence-electron chi connectivity index (χ4n) is 2.03. The molecular weight excluding hydrogens is 244 g/mol. The summed E-state index contributed by atoms with van der Waals surface area (Å²) in [4.78, 5) is 16.2. The van der Waals surface area contributed by atoms with Gasteiger partial charge in [-0.15, -0.1) is 5.10 Å². The molecule has 0 amide bonds. The molecule has 3 heterocycles. The number of carbonyl (C=O) groups is 1. The molecule has 100 valence electrons. The van der Waals surface area contributed by atoms with Crippen molar-refractivity contribution in [2.75, 3.05) is 13.1 Å². The summed E-state index contributed by atoms with van der Waals surface area (Å²) < 4.78 is 3.69. The zero-order chi connectivity index (χ0) is 13.2. The number of hydrogen-bond donors (Lipinski definition) is 1. The predicted molar refractivity (Wildman–Crippen MR) is 67.8 cm³/mol. The molecule has 2 aromatic heterocycles. The van der Waals surface area contributed by atoms with Crippen LogP contribution < -0.4 is 5.32 Å². The summed E-state index contributed by atoms with van der Waals surface area (Å²) in [5.74, 6) is 0.922. The van der Waals surface area contributed by atoms with Crippen LogP contribution in [-0.2, 0) is 13.5 Å².